The van der Waals surface area contributed by atoms with Crippen LogP contribution in [0.3, 0.4) is 0 Å². The average molecular weight is 404 g/mol. The summed E-state index contributed by atoms with van der Waals surface area (Å²) in [5.41, 5.74) is -0.422. The van der Waals surface area contributed by atoms with Crippen molar-refractivity contribution >= 4 is 9.84 Å². The smallest absolute Gasteiger partial charge is 0.331 e. The monoisotopic (exact) mass is 403 g/mol. The van der Waals surface area contributed by atoms with E-state index in [4.69, 9.17) is 4.74 Å². The standard InChI is InChI=1S/C16H29N5O5S/c1-18-12-14(22)21(16(18)23)13(11-19-7-9-26-10-8-19)15(27(2,24)25)20-5-3-17-4-6-20/h12-13,15,17,22H,3-11H2,1-2H3. The number of nitrogens with zero attached hydrogens (tertiary/aromatic N) is 4. The number of aromatic hydroxyl groups is 1. The minimum absolute atomic E-state index is 0.218. The second-order valence-corrected chi connectivity index (χ2v) is 9.38. The van der Waals surface area contributed by atoms with Crippen LogP contribution >= 0.6 is 0 Å². The van der Waals surface area contributed by atoms with E-state index in [0.717, 1.165) is 0 Å². The van der Waals surface area contributed by atoms with E-state index in [-0.39, 0.29) is 5.88 Å². The molecule has 1 aromatic heterocycles. The van der Waals surface area contributed by atoms with Crippen LogP contribution in [-0.4, -0.2) is 103 Å². The van der Waals surface area contributed by atoms with E-state index >= 15 is 0 Å². The van der Waals surface area contributed by atoms with E-state index in [1.807, 2.05) is 4.90 Å². The highest BCUT2D eigenvalue weighted by Crippen LogP contribution is 2.26. The number of aromatic nitrogens is 2. The number of rotatable bonds is 6. The third kappa shape index (κ3) is 4.54. The van der Waals surface area contributed by atoms with Crippen LogP contribution in [0.25, 0.3) is 0 Å². The average Bonchev–Trinajstić information content (AvgIpc) is 2.87. The van der Waals surface area contributed by atoms with E-state index in [9.17, 15) is 18.3 Å². The second kappa shape index (κ2) is 8.31. The van der Waals surface area contributed by atoms with Crippen molar-refractivity contribution in [1.82, 2.24) is 24.3 Å². The molecule has 1 aromatic rings. The van der Waals surface area contributed by atoms with Gasteiger partial charge in [-0.2, -0.15) is 0 Å². The van der Waals surface area contributed by atoms with Gasteiger partial charge in [-0.3, -0.25) is 18.9 Å². The molecule has 3 rings (SSSR count). The third-order valence-corrected chi connectivity index (χ3v) is 6.71. The van der Waals surface area contributed by atoms with Gasteiger partial charge in [-0.15, -0.1) is 0 Å². The Hall–Kier alpha value is -1.40. The minimum atomic E-state index is -3.53. The second-order valence-electron chi connectivity index (χ2n) is 7.24. The van der Waals surface area contributed by atoms with Gasteiger partial charge in [0.25, 0.3) is 0 Å². The number of piperazine rings is 1. The fourth-order valence-electron chi connectivity index (χ4n) is 3.95. The Balaban J connectivity index is 2.03. The van der Waals surface area contributed by atoms with E-state index in [1.54, 1.807) is 7.05 Å². The van der Waals surface area contributed by atoms with Crippen LogP contribution in [0, 0.1) is 0 Å². The molecule has 0 radical (unpaired) electrons. The van der Waals surface area contributed by atoms with Gasteiger partial charge in [-0.05, 0) is 0 Å². The topological polar surface area (TPSA) is 109 Å². The largest absolute Gasteiger partial charge is 0.493 e. The fourth-order valence-corrected chi connectivity index (χ4v) is 5.48. The zero-order valence-electron chi connectivity index (χ0n) is 15.9. The van der Waals surface area contributed by atoms with Crippen LogP contribution in [0.5, 0.6) is 5.88 Å². The molecule has 0 spiro atoms. The van der Waals surface area contributed by atoms with Gasteiger partial charge in [0.1, 0.15) is 5.37 Å². The van der Waals surface area contributed by atoms with Crippen LogP contribution in [0.1, 0.15) is 6.04 Å². The number of hydrogen-bond donors (Lipinski definition) is 2. The lowest BCUT2D eigenvalue weighted by Gasteiger charge is -2.40. The predicted octanol–water partition coefficient (Wildman–Crippen LogP) is -1.96. The van der Waals surface area contributed by atoms with Gasteiger partial charge in [0.15, 0.2) is 9.84 Å². The fraction of sp³-hybridized carbons (Fsp3) is 0.812. The van der Waals surface area contributed by atoms with Crippen LogP contribution in [0.2, 0.25) is 0 Å². The summed E-state index contributed by atoms with van der Waals surface area (Å²) in [5.74, 6) is -0.218. The molecule has 2 atom stereocenters. The summed E-state index contributed by atoms with van der Waals surface area (Å²) >= 11 is 0. The lowest BCUT2D eigenvalue weighted by molar-refractivity contribution is 0.0251. The highest BCUT2D eigenvalue weighted by Gasteiger charge is 2.40. The van der Waals surface area contributed by atoms with Crippen LogP contribution < -0.4 is 11.0 Å². The summed E-state index contributed by atoms with van der Waals surface area (Å²) in [6, 6.07) is -0.718. The van der Waals surface area contributed by atoms with Crippen LogP contribution in [-0.2, 0) is 21.6 Å². The summed E-state index contributed by atoms with van der Waals surface area (Å²) < 4.78 is 33.5. The maximum atomic E-state index is 12.8. The molecule has 2 aliphatic heterocycles. The third-order valence-electron chi connectivity index (χ3n) is 5.22. The normalized spacial score (nSPS) is 22.6. The number of hydrogen-bond acceptors (Lipinski definition) is 8. The molecule has 2 aliphatic rings. The highest BCUT2D eigenvalue weighted by atomic mass is 32.2. The molecule has 2 unspecified atom stereocenters. The van der Waals surface area contributed by atoms with E-state index in [1.165, 1.54) is 21.6 Å². The summed E-state index contributed by atoms with van der Waals surface area (Å²) in [4.78, 5) is 16.7. The Morgan fingerprint density at radius 3 is 2.37 bits per heavy atom. The lowest BCUT2D eigenvalue weighted by Crippen LogP contribution is -2.57. The van der Waals surface area contributed by atoms with E-state index in [0.29, 0.717) is 59.0 Å². The molecule has 154 valence electrons. The molecule has 0 aliphatic carbocycles. The molecule has 11 heteroatoms. The molecule has 10 nitrogen and oxygen atoms in total. The van der Waals surface area contributed by atoms with Crippen molar-refractivity contribution in [3.05, 3.63) is 16.7 Å². The Bertz CT molecular complexity index is 793. The first-order valence-corrected chi connectivity index (χ1v) is 11.1. The molecule has 27 heavy (non-hydrogen) atoms. The van der Waals surface area contributed by atoms with Crippen molar-refractivity contribution in [3.63, 3.8) is 0 Å². The molecular weight excluding hydrogens is 374 g/mol. The zero-order chi connectivity index (χ0) is 19.6. The molecule has 2 fully saturated rings. The van der Waals surface area contributed by atoms with E-state index < -0.39 is 26.9 Å². The summed E-state index contributed by atoms with van der Waals surface area (Å²) in [5, 5.41) is 12.7. The molecule has 0 saturated carbocycles. The van der Waals surface area contributed by atoms with Gasteiger partial charge in [0.2, 0.25) is 5.88 Å². The number of ether oxygens (including phenoxy) is 1. The van der Waals surface area contributed by atoms with E-state index in [2.05, 4.69) is 10.2 Å². The minimum Gasteiger partial charge on any atom is -0.493 e. The van der Waals surface area contributed by atoms with Crippen LogP contribution in [0.15, 0.2) is 11.0 Å². The van der Waals surface area contributed by atoms with Gasteiger partial charge in [0, 0.05) is 59.1 Å². The maximum absolute atomic E-state index is 12.8. The number of nitrogens with one attached hydrogen (secondary N) is 1. The molecule has 2 saturated heterocycles. The summed E-state index contributed by atoms with van der Waals surface area (Å²) in [6.45, 7) is 5.33. The Labute approximate surface area is 159 Å². The summed E-state index contributed by atoms with van der Waals surface area (Å²) in [7, 11) is -1.98. The van der Waals surface area contributed by atoms with Crippen molar-refractivity contribution in [2.75, 3.05) is 65.3 Å². The molecule has 0 amide bonds. The number of imidazole rings is 1. The van der Waals surface area contributed by atoms with Crippen molar-refractivity contribution in [1.29, 1.82) is 0 Å². The molecule has 2 N–H and O–H groups in total. The zero-order valence-corrected chi connectivity index (χ0v) is 16.7. The van der Waals surface area contributed by atoms with Crippen molar-refractivity contribution in [3.8, 4) is 5.88 Å². The molecule has 3 heterocycles. The van der Waals surface area contributed by atoms with Gasteiger partial charge in [-0.25, -0.2) is 13.2 Å². The Morgan fingerprint density at radius 2 is 1.85 bits per heavy atom. The van der Waals surface area contributed by atoms with Crippen molar-refractivity contribution in [2.24, 2.45) is 7.05 Å². The molecule has 0 aromatic carbocycles. The maximum Gasteiger partial charge on any atom is 0.331 e. The SMILES string of the molecule is Cn1cc(O)n(C(CN2CCOCC2)C(N2CCNCC2)S(C)(=O)=O)c1=O. The Morgan fingerprint density at radius 1 is 1.22 bits per heavy atom. The quantitative estimate of drug-likeness (QED) is 0.564. The predicted molar refractivity (Wildman–Crippen MR) is 101 cm³/mol. The van der Waals surface area contributed by atoms with Crippen LogP contribution in [0.4, 0.5) is 0 Å². The first-order chi connectivity index (χ1) is 12.8. The highest BCUT2D eigenvalue weighted by molar-refractivity contribution is 7.91. The molecular formula is C16H29N5O5S. The van der Waals surface area contributed by atoms with Gasteiger partial charge >= 0.3 is 5.69 Å². The number of morpholine rings is 1. The first-order valence-electron chi connectivity index (χ1n) is 9.19. The lowest BCUT2D eigenvalue weighted by atomic mass is 10.2. The van der Waals surface area contributed by atoms with Crippen molar-refractivity contribution < 1.29 is 18.3 Å². The van der Waals surface area contributed by atoms with Gasteiger partial charge in [0.05, 0.1) is 25.5 Å². The van der Waals surface area contributed by atoms with Crippen molar-refractivity contribution in [2.45, 2.75) is 11.4 Å². The van der Waals surface area contributed by atoms with Gasteiger partial charge < -0.3 is 15.2 Å². The number of aryl methyl sites for hydroxylation is 1. The summed E-state index contributed by atoms with van der Waals surface area (Å²) in [6.07, 6.45) is 2.53. The number of sulfone groups is 1. The van der Waals surface area contributed by atoms with Gasteiger partial charge in [-0.1, -0.05) is 0 Å². The molecule has 0 bridgehead atoms. The first kappa shape index (κ1) is 20.3. The Kier molecular flexibility index (Phi) is 6.26.